The Hall–Kier alpha value is -0.320. The first-order valence-electron chi connectivity index (χ1n) is 4.77. The lowest BCUT2D eigenvalue weighted by atomic mass is 10.1. The fourth-order valence-electron chi connectivity index (χ4n) is 1.53. The Labute approximate surface area is 92.4 Å². The average molecular weight is 233 g/mol. The number of ether oxygens (including phenoxy) is 1. The molecule has 1 N–H and O–H groups in total. The Morgan fingerprint density at radius 2 is 2.64 bits per heavy atom. The van der Waals surface area contributed by atoms with Crippen LogP contribution in [-0.2, 0) is 4.74 Å². The SMILES string of the molecule is Clc1cnc(NCCC2CCOC2)s1. The minimum absolute atomic E-state index is 0.720. The average Bonchev–Trinajstić information content (AvgIpc) is 2.77. The van der Waals surface area contributed by atoms with E-state index >= 15 is 0 Å². The van der Waals surface area contributed by atoms with Crippen molar-refractivity contribution in [3.8, 4) is 0 Å². The monoisotopic (exact) mass is 232 g/mol. The maximum atomic E-state index is 5.76. The molecule has 0 radical (unpaired) electrons. The van der Waals surface area contributed by atoms with Gasteiger partial charge in [0.1, 0.15) is 4.34 Å². The van der Waals surface area contributed by atoms with Gasteiger partial charge in [0, 0.05) is 19.8 Å². The number of nitrogens with zero attached hydrogens (tertiary/aromatic N) is 1. The van der Waals surface area contributed by atoms with Crippen molar-refractivity contribution in [1.29, 1.82) is 0 Å². The summed E-state index contributed by atoms with van der Waals surface area (Å²) in [5.74, 6) is 0.720. The standard InChI is InChI=1S/C9H13ClN2OS/c10-8-5-12-9(14-8)11-3-1-7-2-4-13-6-7/h5,7H,1-4,6H2,(H,11,12). The Bertz CT molecular complexity index is 286. The molecule has 5 heteroatoms. The fraction of sp³-hybridized carbons (Fsp3) is 0.667. The third kappa shape index (κ3) is 2.83. The summed E-state index contributed by atoms with van der Waals surface area (Å²) in [5.41, 5.74) is 0. The molecule has 0 bridgehead atoms. The van der Waals surface area contributed by atoms with Gasteiger partial charge in [-0.15, -0.1) is 0 Å². The van der Waals surface area contributed by atoms with E-state index in [0.717, 1.165) is 41.6 Å². The summed E-state index contributed by atoms with van der Waals surface area (Å²) >= 11 is 7.24. The summed E-state index contributed by atoms with van der Waals surface area (Å²) in [7, 11) is 0. The molecule has 2 heterocycles. The lowest BCUT2D eigenvalue weighted by Crippen LogP contribution is -2.08. The maximum absolute atomic E-state index is 5.76. The van der Waals surface area contributed by atoms with Crippen LogP contribution in [0.25, 0.3) is 0 Å². The number of hydrogen-bond donors (Lipinski definition) is 1. The van der Waals surface area contributed by atoms with Crippen LogP contribution in [0.4, 0.5) is 5.13 Å². The van der Waals surface area contributed by atoms with Gasteiger partial charge in [0.25, 0.3) is 0 Å². The zero-order valence-corrected chi connectivity index (χ0v) is 9.40. The number of thiazole rings is 1. The van der Waals surface area contributed by atoms with Gasteiger partial charge in [0.15, 0.2) is 5.13 Å². The van der Waals surface area contributed by atoms with Crippen molar-refractivity contribution < 1.29 is 4.74 Å². The topological polar surface area (TPSA) is 34.2 Å². The van der Waals surface area contributed by atoms with E-state index in [0.29, 0.717) is 0 Å². The molecular formula is C9H13ClN2OS. The van der Waals surface area contributed by atoms with Crippen molar-refractivity contribution in [1.82, 2.24) is 4.98 Å². The van der Waals surface area contributed by atoms with E-state index in [9.17, 15) is 0 Å². The third-order valence-electron chi connectivity index (χ3n) is 2.33. The molecule has 3 nitrogen and oxygen atoms in total. The Morgan fingerprint density at radius 1 is 1.71 bits per heavy atom. The highest BCUT2D eigenvalue weighted by atomic mass is 35.5. The molecule has 78 valence electrons. The lowest BCUT2D eigenvalue weighted by Gasteiger charge is -2.06. The van der Waals surface area contributed by atoms with Crippen LogP contribution in [0.15, 0.2) is 6.20 Å². The Kier molecular flexibility index (Phi) is 3.61. The van der Waals surface area contributed by atoms with Crippen LogP contribution in [0.3, 0.4) is 0 Å². The van der Waals surface area contributed by atoms with E-state index in [2.05, 4.69) is 10.3 Å². The molecule has 1 fully saturated rings. The first-order valence-corrected chi connectivity index (χ1v) is 5.97. The molecule has 0 aromatic carbocycles. The maximum Gasteiger partial charge on any atom is 0.184 e. The Balaban J connectivity index is 1.67. The minimum Gasteiger partial charge on any atom is -0.381 e. The minimum atomic E-state index is 0.720. The van der Waals surface area contributed by atoms with Crippen LogP contribution in [-0.4, -0.2) is 24.7 Å². The molecule has 0 spiro atoms. The van der Waals surface area contributed by atoms with Crippen molar-refractivity contribution in [2.24, 2.45) is 5.92 Å². The molecule has 1 atom stereocenters. The molecule has 0 amide bonds. The van der Waals surface area contributed by atoms with E-state index < -0.39 is 0 Å². The van der Waals surface area contributed by atoms with Gasteiger partial charge in [-0.1, -0.05) is 22.9 Å². The second-order valence-electron chi connectivity index (χ2n) is 3.41. The van der Waals surface area contributed by atoms with E-state index in [1.165, 1.54) is 17.8 Å². The van der Waals surface area contributed by atoms with Crippen molar-refractivity contribution in [3.05, 3.63) is 10.5 Å². The number of anilines is 1. The second kappa shape index (κ2) is 4.96. The highest BCUT2D eigenvalue weighted by molar-refractivity contribution is 7.19. The summed E-state index contributed by atoms with van der Waals surface area (Å²) in [5, 5.41) is 4.17. The highest BCUT2D eigenvalue weighted by Gasteiger charge is 2.14. The number of aromatic nitrogens is 1. The normalized spacial score (nSPS) is 21.4. The van der Waals surface area contributed by atoms with Gasteiger partial charge >= 0.3 is 0 Å². The number of nitrogens with one attached hydrogen (secondary N) is 1. The van der Waals surface area contributed by atoms with E-state index in [1.54, 1.807) is 6.20 Å². The van der Waals surface area contributed by atoms with Crippen molar-refractivity contribution in [2.75, 3.05) is 25.1 Å². The van der Waals surface area contributed by atoms with Crippen molar-refractivity contribution in [2.45, 2.75) is 12.8 Å². The quantitative estimate of drug-likeness (QED) is 0.867. The molecule has 1 aliphatic rings. The van der Waals surface area contributed by atoms with E-state index in [4.69, 9.17) is 16.3 Å². The molecule has 1 aromatic rings. The Morgan fingerprint density at radius 3 is 3.29 bits per heavy atom. The van der Waals surface area contributed by atoms with E-state index in [-0.39, 0.29) is 0 Å². The number of halogens is 1. The molecule has 0 aliphatic carbocycles. The fourth-order valence-corrected chi connectivity index (χ4v) is 2.37. The first kappa shape index (κ1) is 10.2. The van der Waals surface area contributed by atoms with Crippen LogP contribution < -0.4 is 5.32 Å². The largest absolute Gasteiger partial charge is 0.381 e. The van der Waals surface area contributed by atoms with Gasteiger partial charge in [-0.05, 0) is 18.8 Å². The van der Waals surface area contributed by atoms with Crippen molar-refractivity contribution >= 4 is 28.1 Å². The lowest BCUT2D eigenvalue weighted by molar-refractivity contribution is 0.185. The predicted molar refractivity (Wildman–Crippen MR) is 59.2 cm³/mol. The van der Waals surface area contributed by atoms with Gasteiger partial charge < -0.3 is 10.1 Å². The summed E-state index contributed by atoms with van der Waals surface area (Å²) in [6, 6.07) is 0. The summed E-state index contributed by atoms with van der Waals surface area (Å²) in [6.07, 6.45) is 4.02. The zero-order chi connectivity index (χ0) is 9.80. The van der Waals surface area contributed by atoms with Crippen LogP contribution in [0.1, 0.15) is 12.8 Å². The van der Waals surface area contributed by atoms with Crippen LogP contribution in [0, 0.1) is 5.92 Å². The summed E-state index contributed by atoms with van der Waals surface area (Å²) in [4.78, 5) is 4.12. The zero-order valence-electron chi connectivity index (χ0n) is 7.83. The van der Waals surface area contributed by atoms with Gasteiger partial charge in [-0.25, -0.2) is 4.98 Å². The number of rotatable bonds is 4. The van der Waals surface area contributed by atoms with Crippen LogP contribution in [0.2, 0.25) is 4.34 Å². The van der Waals surface area contributed by atoms with Gasteiger partial charge in [-0.2, -0.15) is 0 Å². The molecule has 0 saturated carbocycles. The van der Waals surface area contributed by atoms with Gasteiger partial charge in [0.05, 0.1) is 6.20 Å². The molecule has 1 aromatic heterocycles. The summed E-state index contributed by atoms with van der Waals surface area (Å²) in [6.45, 7) is 2.80. The second-order valence-corrected chi connectivity index (χ2v) is 5.08. The third-order valence-corrected chi connectivity index (χ3v) is 3.40. The number of hydrogen-bond acceptors (Lipinski definition) is 4. The van der Waals surface area contributed by atoms with Gasteiger partial charge in [-0.3, -0.25) is 0 Å². The molecular weight excluding hydrogens is 220 g/mol. The molecule has 1 unspecified atom stereocenters. The van der Waals surface area contributed by atoms with Crippen molar-refractivity contribution in [3.63, 3.8) is 0 Å². The smallest absolute Gasteiger partial charge is 0.184 e. The summed E-state index contributed by atoms with van der Waals surface area (Å²) < 4.78 is 6.04. The predicted octanol–water partition coefficient (Wildman–Crippen LogP) is 2.64. The highest BCUT2D eigenvalue weighted by Crippen LogP contribution is 2.23. The van der Waals surface area contributed by atoms with Crippen LogP contribution in [0.5, 0.6) is 0 Å². The molecule has 2 rings (SSSR count). The van der Waals surface area contributed by atoms with E-state index in [1.807, 2.05) is 0 Å². The van der Waals surface area contributed by atoms with Crippen LogP contribution >= 0.6 is 22.9 Å². The molecule has 1 aliphatic heterocycles. The molecule has 1 saturated heterocycles. The first-order chi connectivity index (χ1) is 6.84. The van der Waals surface area contributed by atoms with Gasteiger partial charge in [0.2, 0.25) is 0 Å². The molecule has 14 heavy (non-hydrogen) atoms.